The Bertz CT molecular complexity index is 424. The van der Waals surface area contributed by atoms with Gasteiger partial charge in [-0.15, -0.1) is 0 Å². The van der Waals surface area contributed by atoms with E-state index in [4.69, 9.17) is 10.5 Å². The third-order valence-electron chi connectivity index (χ3n) is 2.39. The molecule has 0 heterocycles. The Hall–Kier alpha value is -1.69. The van der Waals surface area contributed by atoms with Gasteiger partial charge in [-0.05, 0) is 24.6 Å². The molecular weight excluding hydrogens is 244 g/mol. The molecule has 0 saturated carbocycles. The number of ether oxygens (including phenoxy) is 2. The fraction of sp³-hybridized carbons (Fsp3) is 0.417. The predicted octanol–water partition coefficient (Wildman–Crippen LogP) is 1.89. The first kappa shape index (κ1) is 14.4. The third kappa shape index (κ3) is 2.95. The van der Waals surface area contributed by atoms with Crippen LogP contribution in [0.25, 0.3) is 0 Å². The van der Waals surface area contributed by atoms with Crippen molar-refractivity contribution in [3.63, 3.8) is 0 Å². The van der Waals surface area contributed by atoms with Gasteiger partial charge in [-0.25, -0.2) is 4.79 Å². The van der Waals surface area contributed by atoms with Crippen LogP contribution in [0.4, 0.5) is 8.78 Å². The second kappa shape index (κ2) is 5.77. The van der Waals surface area contributed by atoms with E-state index in [1.54, 1.807) is 6.07 Å². The number of carbonyl (C=O) groups is 1. The minimum atomic E-state index is -3.78. The van der Waals surface area contributed by atoms with E-state index in [0.717, 1.165) is 0 Å². The number of carbonyl (C=O) groups excluding carboxylic acids is 1. The Balaban J connectivity index is 2.97. The molecule has 0 spiro atoms. The van der Waals surface area contributed by atoms with Crippen LogP contribution in [0.1, 0.15) is 18.5 Å². The number of hydrogen-bond acceptors (Lipinski definition) is 4. The van der Waals surface area contributed by atoms with Crippen LogP contribution in [0.2, 0.25) is 0 Å². The van der Waals surface area contributed by atoms with Gasteiger partial charge in [0.25, 0.3) is 0 Å². The van der Waals surface area contributed by atoms with Gasteiger partial charge in [-0.1, -0.05) is 12.1 Å². The summed E-state index contributed by atoms with van der Waals surface area (Å²) in [6.45, 7) is 1.32. The molecule has 0 aromatic heterocycles. The maximum Gasteiger partial charge on any atom is 0.379 e. The minimum Gasteiger partial charge on any atom is -0.497 e. The van der Waals surface area contributed by atoms with Crippen molar-refractivity contribution in [2.45, 2.75) is 18.9 Å². The van der Waals surface area contributed by atoms with Gasteiger partial charge in [-0.3, -0.25) is 0 Å². The number of nitrogens with two attached hydrogens (primary N) is 1. The molecule has 100 valence electrons. The van der Waals surface area contributed by atoms with Crippen LogP contribution in [0.3, 0.4) is 0 Å². The van der Waals surface area contributed by atoms with Gasteiger partial charge in [0, 0.05) is 0 Å². The zero-order chi connectivity index (χ0) is 13.8. The molecule has 0 aliphatic carbocycles. The predicted molar refractivity (Wildman–Crippen MR) is 61.5 cm³/mol. The lowest BCUT2D eigenvalue weighted by molar-refractivity contribution is -0.174. The molecule has 0 aliphatic rings. The highest BCUT2D eigenvalue weighted by atomic mass is 19.3. The summed E-state index contributed by atoms with van der Waals surface area (Å²) in [5, 5.41) is 0. The van der Waals surface area contributed by atoms with Crippen molar-refractivity contribution in [1.29, 1.82) is 0 Å². The summed E-state index contributed by atoms with van der Waals surface area (Å²) >= 11 is 0. The van der Waals surface area contributed by atoms with Crippen LogP contribution in [0, 0.1) is 0 Å². The van der Waals surface area contributed by atoms with Gasteiger partial charge < -0.3 is 15.2 Å². The average Bonchev–Trinajstić information content (AvgIpc) is 2.38. The molecule has 1 atom stereocenters. The molecule has 1 rings (SSSR count). The third-order valence-corrected chi connectivity index (χ3v) is 2.39. The molecule has 1 aromatic rings. The van der Waals surface area contributed by atoms with Crippen LogP contribution < -0.4 is 10.5 Å². The summed E-state index contributed by atoms with van der Waals surface area (Å²) < 4.78 is 36.6. The monoisotopic (exact) mass is 259 g/mol. The molecule has 4 nitrogen and oxygen atoms in total. The average molecular weight is 259 g/mol. The second-order valence-electron chi connectivity index (χ2n) is 3.60. The first-order chi connectivity index (χ1) is 8.43. The summed E-state index contributed by atoms with van der Waals surface area (Å²) in [5.41, 5.74) is 5.53. The largest absolute Gasteiger partial charge is 0.497 e. The van der Waals surface area contributed by atoms with Crippen LogP contribution in [-0.4, -0.2) is 25.6 Å². The van der Waals surface area contributed by atoms with Crippen molar-refractivity contribution in [3.8, 4) is 5.75 Å². The maximum absolute atomic E-state index is 13.7. The Morgan fingerprint density at radius 2 is 2.17 bits per heavy atom. The zero-order valence-corrected chi connectivity index (χ0v) is 10.2. The number of rotatable bonds is 5. The normalized spacial score (nSPS) is 12.9. The Morgan fingerprint density at radius 1 is 1.50 bits per heavy atom. The number of halogens is 2. The maximum atomic E-state index is 13.7. The first-order valence-corrected chi connectivity index (χ1v) is 5.38. The van der Waals surface area contributed by atoms with Crippen LogP contribution in [-0.2, 0) is 9.53 Å². The summed E-state index contributed by atoms with van der Waals surface area (Å²) in [6.07, 6.45) is 0. The summed E-state index contributed by atoms with van der Waals surface area (Å²) in [4.78, 5) is 11.2. The second-order valence-corrected chi connectivity index (χ2v) is 3.60. The molecule has 0 unspecified atom stereocenters. The zero-order valence-electron chi connectivity index (χ0n) is 10.2. The summed E-state index contributed by atoms with van der Waals surface area (Å²) in [5.74, 6) is -5.01. The van der Waals surface area contributed by atoms with E-state index in [-0.39, 0.29) is 12.2 Å². The Labute approximate surface area is 104 Å². The van der Waals surface area contributed by atoms with Crippen molar-refractivity contribution in [2.75, 3.05) is 13.7 Å². The Morgan fingerprint density at radius 3 is 2.72 bits per heavy atom. The van der Waals surface area contributed by atoms with E-state index >= 15 is 0 Å². The smallest absolute Gasteiger partial charge is 0.379 e. The molecule has 0 saturated heterocycles. The van der Waals surface area contributed by atoms with Gasteiger partial charge in [0.15, 0.2) is 0 Å². The molecular formula is C12H15F2NO3. The summed E-state index contributed by atoms with van der Waals surface area (Å²) in [7, 11) is 1.41. The van der Waals surface area contributed by atoms with Crippen LogP contribution >= 0.6 is 0 Å². The van der Waals surface area contributed by atoms with Gasteiger partial charge in [0.1, 0.15) is 11.8 Å². The fourth-order valence-electron chi connectivity index (χ4n) is 1.40. The van der Waals surface area contributed by atoms with Gasteiger partial charge in [0.2, 0.25) is 0 Å². The van der Waals surface area contributed by atoms with E-state index in [1.807, 2.05) is 0 Å². The van der Waals surface area contributed by atoms with E-state index in [9.17, 15) is 13.6 Å². The molecule has 18 heavy (non-hydrogen) atoms. The van der Waals surface area contributed by atoms with Crippen molar-refractivity contribution in [2.24, 2.45) is 5.73 Å². The quantitative estimate of drug-likeness (QED) is 0.820. The van der Waals surface area contributed by atoms with Crippen molar-refractivity contribution in [3.05, 3.63) is 29.8 Å². The van der Waals surface area contributed by atoms with Crippen molar-refractivity contribution < 1.29 is 23.0 Å². The minimum absolute atomic E-state index is 0.104. The number of hydrogen-bond donors (Lipinski definition) is 1. The van der Waals surface area contributed by atoms with E-state index in [1.165, 1.54) is 32.2 Å². The molecule has 2 N–H and O–H groups in total. The number of methoxy groups -OCH3 is 1. The standard InChI is InChI=1S/C12H15F2NO3/c1-3-18-11(16)12(13,14)10(15)8-5-4-6-9(7-8)17-2/h4-7,10H,3,15H2,1-2H3/t10-/m1/s1. The highest BCUT2D eigenvalue weighted by Gasteiger charge is 2.47. The lowest BCUT2D eigenvalue weighted by Crippen LogP contribution is -2.41. The number of esters is 1. The lowest BCUT2D eigenvalue weighted by Gasteiger charge is -2.22. The molecule has 0 radical (unpaired) electrons. The first-order valence-electron chi connectivity index (χ1n) is 5.38. The van der Waals surface area contributed by atoms with Gasteiger partial charge in [-0.2, -0.15) is 8.78 Å². The van der Waals surface area contributed by atoms with Crippen molar-refractivity contribution in [1.82, 2.24) is 0 Å². The molecule has 0 fully saturated rings. The highest BCUT2D eigenvalue weighted by Crippen LogP contribution is 2.31. The van der Waals surface area contributed by atoms with E-state index < -0.39 is 17.9 Å². The van der Waals surface area contributed by atoms with Crippen molar-refractivity contribution >= 4 is 5.97 Å². The Kier molecular flexibility index (Phi) is 4.61. The van der Waals surface area contributed by atoms with Gasteiger partial charge >= 0.3 is 11.9 Å². The lowest BCUT2D eigenvalue weighted by atomic mass is 10.0. The molecule has 6 heteroatoms. The van der Waals surface area contributed by atoms with Crippen LogP contribution in [0.15, 0.2) is 24.3 Å². The van der Waals surface area contributed by atoms with E-state index in [0.29, 0.717) is 5.75 Å². The number of alkyl halides is 2. The molecule has 0 amide bonds. The van der Waals surface area contributed by atoms with Crippen LogP contribution in [0.5, 0.6) is 5.75 Å². The molecule has 0 bridgehead atoms. The van der Waals surface area contributed by atoms with Gasteiger partial charge in [0.05, 0.1) is 13.7 Å². The SMILES string of the molecule is CCOC(=O)C(F)(F)[C@H](N)c1cccc(OC)c1. The molecule has 1 aromatic carbocycles. The van der Waals surface area contributed by atoms with E-state index in [2.05, 4.69) is 4.74 Å². The highest BCUT2D eigenvalue weighted by molar-refractivity contribution is 5.78. The summed E-state index contributed by atoms with van der Waals surface area (Å²) in [6, 6.07) is 4.11. The molecule has 0 aliphatic heterocycles. The fourth-order valence-corrected chi connectivity index (χ4v) is 1.40. The number of benzene rings is 1. The topological polar surface area (TPSA) is 61.5 Å².